The van der Waals surface area contributed by atoms with Gasteiger partial charge in [0.1, 0.15) is 17.9 Å². The highest BCUT2D eigenvalue weighted by Gasteiger charge is 2.30. The summed E-state index contributed by atoms with van der Waals surface area (Å²) in [6.07, 6.45) is 1.39. The monoisotopic (exact) mass is 415 g/mol. The lowest BCUT2D eigenvalue weighted by Crippen LogP contribution is -2.50. The molecule has 2 heterocycles. The minimum Gasteiger partial charge on any atom is -0.490 e. The van der Waals surface area contributed by atoms with E-state index in [2.05, 4.69) is 10.3 Å². The summed E-state index contributed by atoms with van der Waals surface area (Å²) >= 11 is 0. The average molecular weight is 415 g/mol. The number of carboxylic acids is 1. The number of nitrogen functional groups attached to an aromatic ring is 1. The van der Waals surface area contributed by atoms with Gasteiger partial charge >= 0.3 is 5.97 Å². The van der Waals surface area contributed by atoms with Gasteiger partial charge in [0.05, 0.1) is 40.3 Å². The highest BCUT2D eigenvalue weighted by atomic mass is 16.5. The van der Waals surface area contributed by atoms with Crippen LogP contribution in [0.2, 0.25) is 0 Å². The molecule has 0 aliphatic carbocycles. The van der Waals surface area contributed by atoms with Gasteiger partial charge < -0.3 is 25.6 Å². The van der Waals surface area contributed by atoms with E-state index in [0.29, 0.717) is 48.4 Å². The number of hydrogen-bond donors (Lipinski definition) is 3. The van der Waals surface area contributed by atoms with Crippen molar-refractivity contribution in [2.24, 2.45) is 5.92 Å². The van der Waals surface area contributed by atoms with Crippen LogP contribution in [0.15, 0.2) is 12.1 Å². The van der Waals surface area contributed by atoms with E-state index < -0.39 is 11.5 Å². The van der Waals surface area contributed by atoms with Gasteiger partial charge in [0.2, 0.25) is 5.91 Å². The van der Waals surface area contributed by atoms with Crippen molar-refractivity contribution in [3.8, 4) is 5.75 Å². The van der Waals surface area contributed by atoms with Crippen LogP contribution < -0.4 is 15.8 Å². The van der Waals surface area contributed by atoms with Crippen molar-refractivity contribution in [2.45, 2.75) is 46.1 Å². The highest BCUT2D eigenvalue weighted by Crippen LogP contribution is 2.37. The Morgan fingerprint density at radius 2 is 2.13 bits per heavy atom. The molecule has 0 saturated carbocycles. The Hall–Kier alpha value is -2.87. The number of pyridine rings is 1. The molecule has 30 heavy (non-hydrogen) atoms. The number of hydrogen-bond acceptors (Lipinski definition) is 6. The predicted octanol–water partition coefficient (Wildman–Crippen LogP) is 2.70. The number of aromatic nitrogens is 1. The van der Waals surface area contributed by atoms with Crippen LogP contribution in [0.4, 0.5) is 5.69 Å². The number of nitrogens with one attached hydrogen (secondary N) is 1. The minimum absolute atomic E-state index is 0.0191. The smallest absolute Gasteiger partial charge is 0.339 e. The van der Waals surface area contributed by atoms with E-state index in [9.17, 15) is 14.7 Å². The fraction of sp³-hybridized carbons (Fsp3) is 0.500. The van der Waals surface area contributed by atoms with Crippen LogP contribution in [0.5, 0.6) is 5.75 Å². The first-order chi connectivity index (χ1) is 14.1. The van der Waals surface area contributed by atoms with Gasteiger partial charge in [0.15, 0.2) is 0 Å². The summed E-state index contributed by atoms with van der Waals surface area (Å²) in [5.74, 6) is -0.818. The normalized spacial score (nSPS) is 16.6. The molecule has 162 valence electrons. The molecule has 1 aromatic carbocycles. The van der Waals surface area contributed by atoms with E-state index in [0.717, 1.165) is 5.56 Å². The summed E-state index contributed by atoms with van der Waals surface area (Å²) in [6.45, 7) is 8.59. The second kappa shape index (κ2) is 8.47. The van der Waals surface area contributed by atoms with Crippen molar-refractivity contribution in [2.75, 3.05) is 25.6 Å². The maximum absolute atomic E-state index is 12.5. The lowest BCUT2D eigenvalue weighted by atomic mass is 10.0. The maximum atomic E-state index is 12.5. The van der Waals surface area contributed by atoms with Crippen LogP contribution in [0.3, 0.4) is 0 Å². The molecular formula is C22H29N3O5. The third-order valence-corrected chi connectivity index (χ3v) is 5.34. The number of aromatic carboxylic acids is 1. The zero-order valence-corrected chi connectivity index (χ0v) is 17.9. The molecular weight excluding hydrogens is 386 g/mol. The SMILES string of the molecule is CCc1ccc2nc(C)c(C(=O)O)c(N)c2c1OCC(C)(C)NC(=O)C1CCOC1. The van der Waals surface area contributed by atoms with E-state index in [1.54, 1.807) is 6.92 Å². The molecule has 1 saturated heterocycles. The Bertz CT molecular complexity index is 981. The molecule has 1 aliphatic rings. The number of fused-ring (bicyclic) bond motifs is 1. The van der Waals surface area contributed by atoms with Gasteiger partial charge in [0, 0.05) is 6.61 Å². The Kier molecular flexibility index (Phi) is 6.17. The summed E-state index contributed by atoms with van der Waals surface area (Å²) in [5.41, 5.74) is 7.56. The molecule has 0 radical (unpaired) electrons. The first-order valence-corrected chi connectivity index (χ1v) is 10.1. The molecule has 1 atom stereocenters. The van der Waals surface area contributed by atoms with Crippen molar-refractivity contribution in [1.29, 1.82) is 0 Å². The van der Waals surface area contributed by atoms with E-state index in [-0.39, 0.29) is 29.7 Å². The lowest BCUT2D eigenvalue weighted by molar-refractivity contribution is -0.126. The molecule has 4 N–H and O–H groups in total. The summed E-state index contributed by atoms with van der Waals surface area (Å²) in [6, 6.07) is 3.73. The number of nitrogens with zero attached hydrogens (tertiary/aromatic N) is 1. The summed E-state index contributed by atoms with van der Waals surface area (Å²) in [7, 11) is 0. The molecule has 1 fully saturated rings. The molecule has 1 aliphatic heterocycles. The van der Waals surface area contributed by atoms with Gasteiger partial charge in [0.25, 0.3) is 0 Å². The minimum atomic E-state index is -1.13. The topological polar surface area (TPSA) is 124 Å². The zero-order chi connectivity index (χ0) is 22.1. The number of carbonyl (C=O) groups excluding carboxylic acids is 1. The molecule has 0 bridgehead atoms. The van der Waals surface area contributed by atoms with E-state index in [1.807, 2.05) is 32.9 Å². The van der Waals surface area contributed by atoms with Gasteiger partial charge in [-0.25, -0.2) is 4.79 Å². The molecule has 2 aromatic rings. The first-order valence-electron chi connectivity index (χ1n) is 10.1. The molecule has 1 unspecified atom stereocenters. The fourth-order valence-corrected chi connectivity index (χ4v) is 3.70. The van der Waals surface area contributed by atoms with Crippen LogP contribution in [-0.4, -0.2) is 47.3 Å². The second-order valence-electron chi connectivity index (χ2n) is 8.31. The number of carboxylic acid groups (broad SMARTS) is 1. The molecule has 0 spiro atoms. The van der Waals surface area contributed by atoms with Crippen LogP contribution >= 0.6 is 0 Å². The Balaban J connectivity index is 1.93. The quantitative estimate of drug-likeness (QED) is 0.635. The van der Waals surface area contributed by atoms with Gasteiger partial charge in [-0.05, 0) is 45.2 Å². The van der Waals surface area contributed by atoms with Crippen molar-refractivity contribution in [3.63, 3.8) is 0 Å². The molecule has 1 aromatic heterocycles. The molecule has 8 nitrogen and oxygen atoms in total. The number of aryl methyl sites for hydroxylation is 2. The third-order valence-electron chi connectivity index (χ3n) is 5.34. The Morgan fingerprint density at radius 1 is 1.40 bits per heavy atom. The van der Waals surface area contributed by atoms with Crippen LogP contribution in [0.25, 0.3) is 10.9 Å². The lowest BCUT2D eigenvalue weighted by Gasteiger charge is -2.28. The largest absolute Gasteiger partial charge is 0.490 e. The van der Waals surface area contributed by atoms with Crippen molar-refractivity contribution >= 4 is 28.5 Å². The first kappa shape index (κ1) is 21.8. The van der Waals surface area contributed by atoms with Crippen LogP contribution in [0.1, 0.15) is 48.8 Å². The Labute approximate surface area is 175 Å². The number of carbonyl (C=O) groups is 2. The van der Waals surface area contributed by atoms with Crippen LogP contribution in [-0.2, 0) is 16.0 Å². The standard InChI is InChI=1S/C22H29N3O5/c1-5-13-6-7-15-17(18(23)16(21(27)28)12(2)24-15)19(13)30-11-22(3,4)25-20(26)14-8-9-29-10-14/h6-7,14H,5,8-11H2,1-4H3,(H2,23,24)(H,25,26)(H,27,28). The van der Waals surface area contributed by atoms with Crippen LogP contribution in [0, 0.1) is 12.8 Å². The molecule has 1 amide bonds. The van der Waals surface area contributed by atoms with Crippen molar-refractivity contribution in [3.05, 3.63) is 29.0 Å². The number of ether oxygens (including phenoxy) is 2. The van der Waals surface area contributed by atoms with E-state index in [4.69, 9.17) is 15.2 Å². The van der Waals surface area contributed by atoms with E-state index >= 15 is 0 Å². The van der Waals surface area contributed by atoms with Crippen molar-refractivity contribution < 1.29 is 24.2 Å². The fourth-order valence-electron chi connectivity index (χ4n) is 3.70. The Morgan fingerprint density at radius 3 is 2.73 bits per heavy atom. The van der Waals surface area contributed by atoms with Gasteiger partial charge in [-0.2, -0.15) is 0 Å². The summed E-state index contributed by atoms with van der Waals surface area (Å²) in [5, 5.41) is 13.1. The van der Waals surface area contributed by atoms with E-state index in [1.165, 1.54) is 0 Å². The van der Waals surface area contributed by atoms with Gasteiger partial charge in [-0.3, -0.25) is 9.78 Å². The molecule has 8 heteroatoms. The predicted molar refractivity (Wildman–Crippen MR) is 114 cm³/mol. The highest BCUT2D eigenvalue weighted by molar-refractivity contribution is 6.07. The number of nitrogens with two attached hydrogens (primary N) is 1. The zero-order valence-electron chi connectivity index (χ0n) is 17.9. The maximum Gasteiger partial charge on any atom is 0.339 e. The summed E-state index contributed by atoms with van der Waals surface area (Å²) < 4.78 is 11.5. The van der Waals surface area contributed by atoms with Gasteiger partial charge in [-0.1, -0.05) is 13.0 Å². The number of benzene rings is 1. The van der Waals surface area contributed by atoms with Gasteiger partial charge in [-0.15, -0.1) is 0 Å². The number of anilines is 1. The summed E-state index contributed by atoms with van der Waals surface area (Å²) in [4.78, 5) is 28.6. The average Bonchev–Trinajstić information content (AvgIpc) is 3.20. The molecule has 3 rings (SSSR count). The number of amides is 1. The van der Waals surface area contributed by atoms with Crippen molar-refractivity contribution in [1.82, 2.24) is 10.3 Å². The number of rotatable bonds is 7. The second-order valence-corrected chi connectivity index (χ2v) is 8.31. The third kappa shape index (κ3) is 4.33.